The molecule has 1 aromatic carbocycles. The second-order valence-electron chi connectivity index (χ2n) is 7.59. The molecule has 4 nitrogen and oxygen atoms in total. The lowest BCUT2D eigenvalue weighted by Gasteiger charge is -2.28. The van der Waals surface area contributed by atoms with Crippen LogP contribution < -0.4 is 5.32 Å². The summed E-state index contributed by atoms with van der Waals surface area (Å²) in [7, 11) is -3.06. The van der Waals surface area contributed by atoms with Crippen LogP contribution in [0.15, 0.2) is 30.3 Å². The van der Waals surface area contributed by atoms with Crippen LogP contribution in [0.4, 0.5) is 0 Å². The van der Waals surface area contributed by atoms with Crippen molar-refractivity contribution in [1.82, 2.24) is 5.32 Å². The van der Waals surface area contributed by atoms with E-state index in [1.54, 1.807) is 13.8 Å². The molecule has 5 heteroatoms. The van der Waals surface area contributed by atoms with E-state index in [9.17, 15) is 8.42 Å². The van der Waals surface area contributed by atoms with Gasteiger partial charge in [-0.2, -0.15) is 0 Å². The number of hydrogen-bond acceptors (Lipinski definition) is 4. The van der Waals surface area contributed by atoms with Crippen molar-refractivity contribution in [3.05, 3.63) is 35.9 Å². The summed E-state index contributed by atoms with van der Waals surface area (Å²) >= 11 is 0. The van der Waals surface area contributed by atoms with Crippen LogP contribution in [0.2, 0.25) is 0 Å². The van der Waals surface area contributed by atoms with Gasteiger partial charge in [0, 0.05) is 26.0 Å². The first-order valence-corrected chi connectivity index (χ1v) is 9.95. The Kier molecular flexibility index (Phi) is 7.24. The number of ether oxygens (including phenoxy) is 1. The summed E-state index contributed by atoms with van der Waals surface area (Å²) in [6.45, 7) is 10.4. The van der Waals surface area contributed by atoms with Gasteiger partial charge in [-0.3, -0.25) is 0 Å². The minimum Gasteiger partial charge on any atom is -0.377 e. The molecule has 0 atom stereocenters. The molecule has 0 heterocycles. The van der Waals surface area contributed by atoms with Gasteiger partial charge in [0.25, 0.3) is 0 Å². The Morgan fingerprint density at radius 2 is 1.65 bits per heavy atom. The molecular weight excluding hydrogens is 310 g/mol. The number of nitrogens with one attached hydrogen (secondary N) is 1. The van der Waals surface area contributed by atoms with Crippen LogP contribution in [-0.4, -0.2) is 39.1 Å². The van der Waals surface area contributed by atoms with Gasteiger partial charge in [0.2, 0.25) is 0 Å². The Morgan fingerprint density at radius 1 is 1.04 bits per heavy atom. The lowest BCUT2D eigenvalue weighted by molar-refractivity contribution is 0.0917. The molecule has 0 bridgehead atoms. The molecule has 0 amide bonds. The second kappa shape index (κ2) is 8.27. The molecule has 0 unspecified atom stereocenters. The van der Waals surface area contributed by atoms with Crippen LogP contribution in [0, 0.1) is 5.41 Å². The molecule has 0 aliphatic heterocycles. The molecule has 0 spiro atoms. The fraction of sp³-hybridized carbons (Fsp3) is 0.667. The molecule has 0 radical (unpaired) electrons. The molecular formula is C18H31NO3S. The average molecular weight is 342 g/mol. The molecule has 23 heavy (non-hydrogen) atoms. The summed E-state index contributed by atoms with van der Waals surface area (Å²) in [5, 5.41) is 3.30. The van der Waals surface area contributed by atoms with Crippen molar-refractivity contribution in [2.45, 2.75) is 45.5 Å². The predicted molar refractivity (Wildman–Crippen MR) is 96.3 cm³/mol. The SMILES string of the molecule is CC(C)(CCOCc1ccccc1)CNCC(C)(C)S(C)(=O)=O. The van der Waals surface area contributed by atoms with Crippen LogP contribution in [0.25, 0.3) is 0 Å². The first-order chi connectivity index (χ1) is 10.5. The third-order valence-corrected chi connectivity index (χ3v) is 6.34. The van der Waals surface area contributed by atoms with Crippen molar-refractivity contribution < 1.29 is 13.2 Å². The van der Waals surface area contributed by atoms with Gasteiger partial charge in [-0.25, -0.2) is 8.42 Å². The molecule has 1 rings (SSSR count). The molecule has 1 aromatic rings. The molecule has 0 aliphatic carbocycles. The van der Waals surface area contributed by atoms with Crippen LogP contribution in [0.5, 0.6) is 0 Å². The van der Waals surface area contributed by atoms with Crippen molar-refractivity contribution in [3.8, 4) is 0 Å². The van der Waals surface area contributed by atoms with Gasteiger partial charge in [0.05, 0.1) is 11.4 Å². The third-order valence-electron chi connectivity index (χ3n) is 4.19. The van der Waals surface area contributed by atoms with Crippen LogP contribution >= 0.6 is 0 Å². The van der Waals surface area contributed by atoms with E-state index in [0.717, 1.165) is 13.0 Å². The maximum Gasteiger partial charge on any atom is 0.153 e. The minimum atomic E-state index is -3.06. The van der Waals surface area contributed by atoms with Gasteiger partial charge >= 0.3 is 0 Å². The fourth-order valence-corrected chi connectivity index (χ4v) is 2.40. The van der Waals surface area contributed by atoms with Gasteiger partial charge in [0.15, 0.2) is 9.84 Å². The lowest BCUT2D eigenvalue weighted by atomic mass is 9.89. The summed E-state index contributed by atoms with van der Waals surface area (Å²) in [6, 6.07) is 10.1. The summed E-state index contributed by atoms with van der Waals surface area (Å²) in [5.74, 6) is 0. The highest BCUT2D eigenvalue weighted by molar-refractivity contribution is 7.92. The molecule has 0 saturated carbocycles. The van der Waals surface area contributed by atoms with Crippen molar-refractivity contribution >= 4 is 9.84 Å². The molecule has 0 aromatic heterocycles. The molecule has 0 aliphatic rings. The molecule has 0 fully saturated rings. The summed E-state index contributed by atoms with van der Waals surface area (Å²) < 4.78 is 28.4. The van der Waals surface area contributed by atoms with E-state index in [2.05, 4.69) is 31.3 Å². The Hall–Kier alpha value is -0.910. The quantitative estimate of drug-likeness (QED) is 0.665. The van der Waals surface area contributed by atoms with E-state index in [1.807, 2.05) is 18.2 Å². The number of rotatable bonds is 10. The van der Waals surface area contributed by atoms with Gasteiger partial charge in [-0.1, -0.05) is 44.2 Å². The summed E-state index contributed by atoms with van der Waals surface area (Å²) in [5.41, 5.74) is 1.24. The highest BCUT2D eigenvalue weighted by atomic mass is 32.2. The normalized spacial score (nSPS) is 13.3. The van der Waals surface area contributed by atoms with Crippen LogP contribution in [0.1, 0.15) is 39.7 Å². The summed E-state index contributed by atoms with van der Waals surface area (Å²) in [6.07, 6.45) is 2.21. The zero-order valence-electron chi connectivity index (χ0n) is 15.1. The van der Waals surface area contributed by atoms with Gasteiger partial charge in [-0.15, -0.1) is 0 Å². The fourth-order valence-electron chi connectivity index (χ4n) is 2.03. The summed E-state index contributed by atoms with van der Waals surface area (Å²) in [4.78, 5) is 0. The smallest absolute Gasteiger partial charge is 0.153 e. The van der Waals surface area contributed by atoms with Crippen LogP contribution in [-0.2, 0) is 21.2 Å². The Balaban J connectivity index is 2.28. The maximum atomic E-state index is 11.7. The molecule has 132 valence electrons. The predicted octanol–water partition coefficient (Wildman–Crippen LogP) is 3.03. The van der Waals surface area contributed by atoms with E-state index in [-0.39, 0.29) is 5.41 Å². The average Bonchev–Trinajstić information content (AvgIpc) is 2.43. The Bertz CT molecular complexity index is 565. The van der Waals surface area contributed by atoms with E-state index < -0.39 is 14.6 Å². The maximum absolute atomic E-state index is 11.7. The van der Waals surface area contributed by atoms with Gasteiger partial charge in [0.1, 0.15) is 0 Å². The standard InChI is InChI=1S/C18H31NO3S/c1-17(2,14-19-15-18(3,4)23(5,20)21)11-12-22-13-16-9-7-6-8-10-16/h6-10,19H,11-15H2,1-5H3. The monoisotopic (exact) mass is 341 g/mol. The number of hydrogen-bond donors (Lipinski definition) is 1. The molecule has 0 saturated heterocycles. The largest absolute Gasteiger partial charge is 0.377 e. The van der Waals surface area contributed by atoms with Crippen LogP contribution in [0.3, 0.4) is 0 Å². The van der Waals surface area contributed by atoms with Crippen molar-refractivity contribution in [2.75, 3.05) is 26.0 Å². The highest BCUT2D eigenvalue weighted by Gasteiger charge is 2.30. The van der Waals surface area contributed by atoms with Crippen molar-refractivity contribution in [3.63, 3.8) is 0 Å². The highest BCUT2D eigenvalue weighted by Crippen LogP contribution is 2.20. The molecule has 1 N–H and O–H groups in total. The van der Waals surface area contributed by atoms with E-state index in [1.165, 1.54) is 11.8 Å². The van der Waals surface area contributed by atoms with E-state index in [0.29, 0.717) is 19.8 Å². The lowest BCUT2D eigenvalue weighted by Crippen LogP contribution is -2.44. The number of sulfone groups is 1. The first-order valence-electron chi connectivity index (χ1n) is 8.06. The Labute approximate surface area is 141 Å². The van der Waals surface area contributed by atoms with Crippen molar-refractivity contribution in [2.24, 2.45) is 5.41 Å². The second-order valence-corrected chi connectivity index (χ2v) is 10.2. The number of benzene rings is 1. The Morgan fingerprint density at radius 3 is 2.22 bits per heavy atom. The zero-order valence-corrected chi connectivity index (χ0v) is 15.9. The van der Waals surface area contributed by atoms with E-state index in [4.69, 9.17) is 4.74 Å². The van der Waals surface area contributed by atoms with Gasteiger partial charge < -0.3 is 10.1 Å². The first kappa shape index (κ1) is 20.1. The minimum absolute atomic E-state index is 0.0598. The third kappa shape index (κ3) is 7.46. The van der Waals surface area contributed by atoms with Gasteiger partial charge in [-0.05, 0) is 31.2 Å². The zero-order chi connectivity index (χ0) is 17.6. The van der Waals surface area contributed by atoms with Crippen molar-refractivity contribution in [1.29, 1.82) is 0 Å². The van der Waals surface area contributed by atoms with E-state index >= 15 is 0 Å². The topological polar surface area (TPSA) is 55.4 Å².